The lowest BCUT2D eigenvalue weighted by Gasteiger charge is -2.28. The number of carboxylic acid groups (broad SMARTS) is 2. The lowest BCUT2D eigenvalue weighted by molar-refractivity contribution is -0.873. The fraction of sp³-hybridized carbons (Fsp3) is 0.706. The van der Waals surface area contributed by atoms with Gasteiger partial charge in [-0.3, -0.25) is 14.4 Å². The Bertz CT molecular complexity index is 468. The number of aliphatic carboxylic acids is 2. The summed E-state index contributed by atoms with van der Waals surface area (Å²) in [6, 6.07) is 0. The van der Waals surface area contributed by atoms with Crippen molar-refractivity contribution >= 4 is 17.9 Å². The van der Waals surface area contributed by atoms with Gasteiger partial charge in [0, 0.05) is 12.8 Å². The van der Waals surface area contributed by atoms with Crippen LogP contribution in [0.3, 0.4) is 0 Å². The first-order chi connectivity index (χ1) is 11.5. The first-order valence-corrected chi connectivity index (χ1v) is 8.28. The third-order valence-corrected chi connectivity index (χ3v) is 3.22. The summed E-state index contributed by atoms with van der Waals surface area (Å²) in [5.41, 5.74) is 0. The quantitative estimate of drug-likeness (QED) is 0.255. The normalized spacial score (nSPS) is 14.2. The number of rotatable bonds is 13. The van der Waals surface area contributed by atoms with Crippen molar-refractivity contribution in [1.29, 1.82) is 0 Å². The maximum atomic E-state index is 11.9. The van der Waals surface area contributed by atoms with Crippen molar-refractivity contribution in [2.75, 3.05) is 27.7 Å². The molecule has 0 saturated carbocycles. The molecule has 0 aromatic carbocycles. The van der Waals surface area contributed by atoms with Gasteiger partial charge in [0.05, 0.1) is 33.7 Å². The molecule has 0 heterocycles. The first kappa shape index (κ1) is 23.1. The number of ether oxygens (including phenoxy) is 1. The molecule has 0 radical (unpaired) electrons. The van der Waals surface area contributed by atoms with Crippen molar-refractivity contribution < 1.29 is 38.9 Å². The second kappa shape index (κ2) is 11.6. The summed E-state index contributed by atoms with van der Waals surface area (Å²) in [5, 5.41) is 27.1. The van der Waals surface area contributed by atoms with Gasteiger partial charge in [0.2, 0.25) is 0 Å². The molecular weight excluding hydrogens is 330 g/mol. The van der Waals surface area contributed by atoms with Gasteiger partial charge in [-0.05, 0) is 19.3 Å². The number of carbonyl (C=O) groups excluding carboxylic acids is 1. The summed E-state index contributed by atoms with van der Waals surface area (Å²) < 4.78 is 5.72. The molecule has 0 aromatic rings. The maximum Gasteiger partial charge on any atom is 0.307 e. The minimum atomic E-state index is -1.02. The van der Waals surface area contributed by atoms with E-state index in [1.54, 1.807) is 6.08 Å². The lowest BCUT2D eigenvalue weighted by atomic mass is 10.1. The van der Waals surface area contributed by atoms with Gasteiger partial charge in [0.15, 0.2) is 6.10 Å². The molecule has 2 atom stereocenters. The summed E-state index contributed by atoms with van der Waals surface area (Å²) in [6.45, 7) is 0.396. The van der Waals surface area contributed by atoms with Crippen molar-refractivity contribution in [2.45, 2.75) is 50.7 Å². The molecule has 0 amide bonds. The molecule has 0 aliphatic carbocycles. The van der Waals surface area contributed by atoms with Crippen LogP contribution in [0.1, 0.15) is 38.5 Å². The highest BCUT2D eigenvalue weighted by atomic mass is 16.5. The zero-order valence-electron chi connectivity index (χ0n) is 15.2. The number of likely N-dealkylation sites (N-methyl/N-ethyl adjacent to an activating group) is 1. The van der Waals surface area contributed by atoms with Crippen LogP contribution in [-0.2, 0) is 19.1 Å². The van der Waals surface area contributed by atoms with Crippen molar-refractivity contribution in [1.82, 2.24) is 0 Å². The first-order valence-electron chi connectivity index (χ1n) is 8.28. The Morgan fingerprint density at radius 3 is 2.24 bits per heavy atom. The van der Waals surface area contributed by atoms with Crippen LogP contribution in [0.25, 0.3) is 0 Å². The fourth-order valence-electron chi connectivity index (χ4n) is 2.21. The second-order valence-electron chi connectivity index (χ2n) is 7.00. The summed E-state index contributed by atoms with van der Waals surface area (Å²) in [5.74, 6) is -2.40. The van der Waals surface area contributed by atoms with E-state index >= 15 is 0 Å². The Kier molecular flexibility index (Phi) is 10.7. The molecule has 0 fully saturated rings. The molecule has 0 rings (SSSR count). The summed E-state index contributed by atoms with van der Waals surface area (Å²) in [6.07, 6.45) is 2.62. The monoisotopic (exact) mass is 360 g/mol. The predicted octanol–water partition coefficient (Wildman–Crippen LogP) is 1.03. The van der Waals surface area contributed by atoms with Gasteiger partial charge >= 0.3 is 17.9 Å². The highest BCUT2D eigenvalue weighted by molar-refractivity contribution is 5.71. The third-order valence-electron chi connectivity index (χ3n) is 3.22. The van der Waals surface area contributed by atoms with Crippen LogP contribution >= 0.6 is 0 Å². The molecule has 8 heteroatoms. The minimum absolute atomic E-state index is 0.00674. The van der Waals surface area contributed by atoms with E-state index in [-0.39, 0.29) is 19.3 Å². The molecule has 3 N–H and O–H groups in total. The van der Waals surface area contributed by atoms with Crippen LogP contribution in [0, 0.1) is 0 Å². The minimum Gasteiger partial charge on any atom is -0.481 e. The number of nitrogens with zero attached hydrogens (tertiary/aromatic N) is 1. The smallest absolute Gasteiger partial charge is 0.307 e. The van der Waals surface area contributed by atoms with Crippen LogP contribution in [0.4, 0.5) is 0 Å². The lowest BCUT2D eigenvalue weighted by Crippen LogP contribution is -2.43. The van der Waals surface area contributed by atoms with Gasteiger partial charge in [-0.2, -0.15) is 0 Å². The zero-order valence-corrected chi connectivity index (χ0v) is 15.2. The number of quaternary nitrogens is 1. The van der Waals surface area contributed by atoms with Crippen molar-refractivity contribution in [3.05, 3.63) is 12.2 Å². The number of carboxylic acids is 2. The van der Waals surface area contributed by atoms with Gasteiger partial charge in [0.25, 0.3) is 0 Å². The van der Waals surface area contributed by atoms with E-state index in [1.165, 1.54) is 6.08 Å². The molecule has 0 saturated heterocycles. The molecule has 0 spiro atoms. The van der Waals surface area contributed by atoms with Gasteiger partial charge in [-0.25, -0.2) is 0 Å². The van der Waals surface area contributed by atoms with Crippen LogP contribution in [0.5, 0.6) is 0 Å². The van der Waals surface area contributed by atoms with Crippen LogP contribution < -0.4 is 0 Å². The molecule has 2 unspecified atom stereocenters. The van der Waals surface area contributed by atoms with Gasteiger partial charge in [0.1, 0.15) is 6.54 Å². The van der Waals surface area contributed by atoms with E-state index in [2.05, 4.69) is 0 Å². The standard InChI is InChI=1S/C17H29NO7/c1-18(2,3)12-14(11-16(22)23)25-17(24)10-6-8-13(19)7-4-5-9-15(20)21/h4,7,13-14,19H,5-6,8-12H2,1-3H3,(H-,20,21,22,23)/p+1/b7-4+. The Labute approximate surface area is 148 Å². The van der Waals surface area contributed by atoms with E-state index in [0.717, 1.165) is 0 Å². The average Bonchev–Trinajstić information content (AvgIpc) is 2.40. The third kappa shape index (κ3) is 15.3. The average molecular weight is 360 g/mol. The number of aliphatic hydroxyl groups excluding tert-OH is 1. The molecule has 8 nitrogen and oxygen atoms in total. The highest BCUT2D eigenvalue weighted by Crippen LogP contribution is 2.09. The Morgan fingerprint density at radius 1 is 1.08 bits per heavy atom. The largest absolute Gasteiger partial charge is 0.481 e. The van der Waals surface area contributed by atoms with Crippen LogP contribution in [-0.4, -0.2) is 77.6 Å². The van der Waals surface area contributed by atoms with Crippen molar-refractivity contribution in [3.8, 4) is 0 Å². The molecule has 144 valence electrons. The van der Waals surface area contributed by atoms with E-state index in [9.17, 15) is 19.5 Å². The van der Waals surface area contributed by atoms with Crippen LogP contribution in [0.2, 0.25) is 0 Å². The fourth-order valence-corrected chi connectivity index (χ4v) is 2.21. The van der Waals surface area contributed by atoms with E-state index in [0.29, 0.717) is 30.3 Å². The topological polar surface area (TPSA) is 121 Å². The summed E-state index contributed by atoms with van der Waals surface area (Å²) >= 11 is 0. The summed E-state index contributed by atoms with van der Waals surface area (Å²) in [4.78, 5) is 33.1. The number of hydrogen-bond donors (Lipinski definition) is 3. The molecule has 0 aliphatic heterocycles. The van der Waals surface area contributed by atoms with Crippen molar-refractivity contribution in [3.63, 3.8) is 0 Å². The van der Waals surface area contributed by atoms with Gasteiger partial charge in [-0.1, -0.05) is 12.2 Å². The second-order valence-corrected chi connectivity index (χ2v) is 7.00. The molecule has 0 aliphatic rings. The maximum absolute atomic E-state index is 11.9. The van der Waals surface area contributed by atoms with E-state index < -0.39 is 30.1 Å². The number of esters is 1. The van der Waals surface area contributed by atoms with E-state index in [4.69, 9.17) is 14.9 Å². The molecule has 0 aromatic heterocycles. The highest BCUT2D eigenvalue weighted by Gasteiger charge is 2.24. The number of carbonyl (C=O) groups is 3. The molecule has 25 heavy (non-hydrogen) atoms. The van der Waals surface area contributed by atoms with Gasteiger partial charge < -0.3 is 24.5 Å². The molecular formula is C17H30NO7+. The Balaban J connectivity index is 4.17. The number of allylic oxidation sites excluding steroid dienone is 1. The summed E-state index contributed by atoms with van der Waals surface area (Å²) in [7, 11) is 5.65. The SMILES string of the molecule is C[N+](C)(C)CC(CC(=O)O)OC(=O)CCCC(O)/C=C/CCC(=O)O. The predicted molar refractivity (Wildman–Crippen MR) is 90.9 cm³/mol. The van der Waals surface area contributed by atoms with E-state index in [1.807, 2.05) is 21.1 Å². The number of hydrogen-bond acceptors (Lipinski definition) is 5. The van der Waals surface area contributed by atoms with Crippen LogP contribution in [0.15, 0.2) is 12.2 Å². The zero-order chi connectivity index (χ0) is 19.5. The molecule has 0 bridgehead atoms. The van der Waals surface area contributed by atoms with Gasteiger partial charge in [-0.15, -0.1) is 0 Å². The Hall–Kier alpha value is -1.93. The Morgan fingerprint density at radius 2 is 1.72 bits per heavy atom. The number of aliphatic hydroxyl groups is 1. The van der Waals surface area contributed by atoms with Crippen molar-refractivity contribution in [2.24, 2.45) is 0 Å².